The van der Waals surface area contributed by atoms with Gasteiger partial charge in [0.1, 0.15) is 23.2 Å². The van der Waals surface area contributed by atoms with Crippen LogP contribution in [0.25, 0.3) is 11.1 Å². The maximum atomic E-state index is 9.87. The Morgan fingerprint density at radius 2 is 2.04 bits per heavy atom. The van der Waals surface area contributed by atoms with Gasteiger partial charge < -0.3 is 15.7 Å². The van der Waals surface area contributed by atoms with Crippen molar-refractivity contribution < 1.29 is 5.11 Å². The summed E-state index contributed by atoms with van der Waals surface area (Å²) in [7, 11) is 0. The summed E-state index contributed by atoms with van der Waals surface area (Å²) >= 11 is 0. The van der Waals surface area contributed by atoms with Gasteiger partial charge in [-0.2, -0.15) is 5.26 Å². The zero-order valence-electron chi connectivity index (χ0n) is 14.8. The van der Waals surface area contributed by atoms with E-state index < -0.39 is 0 Å². The number of aryl methyl sites for hydroxylation is 1. The number of phenols is 1. The highest BCUT2D eigenvalue weighted by molar-refractivity contribution is 5.80. The number of anilines is 2. The molecule has 0 aliphatic carbocycles. The number of pyridine rings is 1. The molecule has 27 heavy (non-hydrogen) atoms. The Morgan fingerprint density at radius 3 is 2.74 bits per heavy atom. The summed E-state index contributed by atoms with van der Waals surface area (Å²) in [6.07, 6.45) is 4.11. The molecule has 0 amide bonds. The van der Waals surface area contributed by atoms with Crippen molar-refractivity contribution in [3.8, 4) is 22.9 Å². The van der Waals surface area contributed by atoms with Crippen molar-refractivity contribution in [1.82, 2.24) is 15.0 Å². The summed E-state index contributed by atoms with van der Waals surface area (Å²) in [4.78, 5) is 15.2. The Hall–Kier alpha value is -3.66. The minimum Gasteiger partial charge on any atom is -0.508 e. The van der Waals surface area contributed by atoms with E-state index in [-0.39, 0.29) is 11.6 Å². The van der Waals surface area contributed by atoms with Crippen LogP contribution < -0.4 is 10.6 Å². The van der Waals surface area contributed by atoms with Crippen LogP contribution >= 0.6 is 0 Å². The summed E-state index contributed by atoms with van der Waals surface area (Å²) in [5, 5.41) is 19.6. The monoisotopic (exact) mass is 358 g/mol. The highest BCUT2D eigenvalue weighted by Gasteiger charge is 2.26. The smallest absolute Gasteiger partial charge is 0.225 e. The summed E-state index contributed by atoms with van der Waals surface area (Å²) in [6.45, 7) is 3.09. The molecule has 0 unspecified atom stereocenters. The van der Waals surface area contributed by atoms with Crippen molar-refractivity contribution in [2.45, 2.75) is 19.9 Å². The number of hydrogen-bond donors (Lipinski definition) is 2. The maximum absolute atomic E-state index is 9.87. The Bertz CT molecular complexity index is 1060. The van der Waals surface area contributed by atoms with Gasteiger partial charge in [0.15, 0.2) is 0 Å². The van der Waals surface area contributed by atoms with Gasteiger partial charge in [0.2, 0.25) is 5.95 Å². The first-order valence-corrected chi connectivity index (χ1v) is 8.61. The maximum Gasteiger partial charge on any atom is 0.225 e. The third-order valence-corrected chi connectivity index (χ3v) is 4.81. The molecule has 7 nitrogen and oxygen atoms in total. The second-order valence-corrected chi connectivity index (χ2v) is 6.51. The Labute approximate surface area is 156 Å². The van der Waals surface area contributed by atoms with E-state index in [0.29, 0.717) is 24.5 Å². The van der Waals surface area contributed by atoms with Gasteiger partial charge >= 0.3 is 0 Å². The van der Waals surface area contributed by atoms with Crippen molar-refractivity contribution in [2.24, 2.45) is 0 Å². The van der Waals surface area contributed by atoms with E-state index in [1.165, 1.54) is 0 Å². The van der Waals surface area contributed by atoms with Crippen LogP contribution in [0, 0.1) is 18.3 Å². The number of nitrogen functional groups attached to an aromatic ring is 1. The molecule has 1 aliphatic heterocycles. The lowest BCUT2D eigenvalue weighted by Crippen LogP contribution is -2.33. The molecule has 7 heteroatoms. The SMILES string of the molecule is Cc1cc(-c2c(C#N)c(N)nc3c2CN(c2ncccn2)CC3)ccc1O. The molecule has 1 aliphatic rings. The van der Waals surface area contributed by atoms with Crippen LogP contribution in [0.5, 0.6) is 5.75 Å². The van der Waals surface area contributed by atoms with Crippen LogP contribution in [0.1, 0.15) is 22.4 Å². The first kappa shape index (κ1) is 16.8. The fourth-order valence-corrected chi connectivity index (χ4v) is 3.45. The summed E-state index contributed by atoms with van der Waals surface area (Å²) in [5.41, 5.74) is 10.6. The fraction of sp³-hybridized carbons (Fsp3) is 0.200. The van der Waals surface area contributed by atoms with E-state index in [9.17, 15) is 10.4 Å². The highest BCUT2D eigenvalue weighted by Crippen LogP contribution is 2.37. The molecule has 0 spiro atoms. The zero-order chi connectivity index (χ0) is 19.0. The lowest BCUT2D eigenvalue weighted by Gasteiger charge is -2.30. The number of nitriles is 1. The molecule has 3 aromatic rings. The van der Waals surface area contributed by atoms with E-state index in [4.69, 9.17) is 5.73 Å². The average molecular weight is 358 g/mol. The number of phenolic OH excluding ortho intramolecular Hbond substituents is 1. The second kappa shape index (κ2) is 6.57. The summed E-state index contributed by atoms with van der Waals surface area (Å²) < 4.78 is 0. The van der Waals surface area contributed by atoms with Gasteiger partial charge in [-0.1, -0.05) is 6.07 Å². The van der Waals surface area contributed by atoms with Crippen molar-refractivity contribution in [3.63, 3.8) is 0 Å². The molecular weight excluding hydrogens is 340 g/mol. The van der Waals surface area contributed by atoms with E-state index in [1.807, 2.05) is 13.0 Å². The zero-order valence-corrected chi connectivity index (χ0v) is 14.8. The lowest BCUT2D eigenvalue weighted by molar-refractivity contribution is 0.471. The van der Waals surface area contributed by atoms with Crippen molar-refractivity contribution >= 4 is 11.8 Å². The average Bonchev–Trinajstić information content (AvgIpc) is 2.69. The lowest BCUT2D eigenvalue weighted by atomic mass is 9.90. The molecule has 0 atom stereocenters. The van der Waals surface area contributed by atoms with Crippen LogP contribution in [-0.4, -0.2) is 26.6 Å². The molecule has 0 saturated heterocycles. The third-order valence-electron chi connectivity index (χ3n) is 4.81. The van der Waals surface area contributed by atoms with Gasteiger partial charge in [-0.15, -0.1) is 0 Å². The van der Waals surface area contributed by atoms with Crippen LogP contribution in [-0.2, 0) is 13.0 Å². The van der Waals surface area contributed by atoms with Crippen molar-refractivity contribution in [2.75, 3.05) is 17.2 Å². The molecule has 0 fully saturated rings. The number of hydrogen-bond acceptors (Lipinski definition) is 7. The van der Waals surface area contributed by atoms with Gasteiger partial charge in [0.25, 0.3) is 0 Å². The molecule has 4 rings (SSSR count). The second-order valence-electron chi connectivity index (χ2n) is 6.51. The number of nitrogens with two attached hydrogens (primary N) is 1. The number of rotatable bonds is 2. The Kier molecular flexibility index (Phi) is 4.09. The van der Waals surface area contributed by atoms with Crippen LogP contribution in [0.15, 0.2) is 36.7 Å². The Morgan fingerprint density at radius 1 is 1.26 bits per heavy atom. The summed E-state index contributed by atoms with van der Waals surface area (Å²) in [6, 6.07) is 9.28. The van der Waals surface area contributed by atoms with Crippen LogP contribution in [0.2, 0.25) is 0 Å². The molecule has 134 valence electrons. The molecule has 2 aromatic heterocycles. The molecular formula is C20H18N6O. The predicted molar refractivity (Wildman–Crippen MR) is 102 cm³/mol. The third kappa shape index (κ3) is 2.91. The number of aromatic nitrogens is 3. The van der Waals surface area contributed by atoms with Crippen molar-refractivity contribution in [3.05, 3.63) is 59.0 Å². The number of benzene rings is 1. The minimum atomic E-state index is 0.215. The number of nitrogens with zero attached hydrogens (tertiary/aromatic N) is 5. The van der Waals surface area contributed by atoms with E-state index in [2.05, 4.69) is 25.9 Å². The fourth-order valence-electron chi connectivity index (χ4n) is 3.45. The van der Waals surface area contributed by atoms with Crippen LogP contribution in [0.4, 0.5) is 11.8 Å². The normalized spacial score (nSPS) is 13.1. The number of aromatic hydroxyl groups is 1. The van der Waals surface area contributed by atoms with Gasteiger partial charge in [-0.3, -0.25) is 0 Å². The van der Waals surface area contributed by atoms with Gasteiger partial charge in [0.05, 0.1) is 5.69 Å². The highest BCUT2D eigenvalue weighted by atomic mass is 16.3. The van der Waals surface area contributed by atoms with Gasteiger partial charge in [-0.05, 0) is 36.2 Å². The molecule has 1 aromatic carbocycles. The quantitative estimate of drug-likeness (QED) is 0.724. The predicted octanol–water partition coefficient (Wildman–Crippen LogP) is 2.57. The summed E-state index contributed by atoms with van der Waals surface area (Å²) in [5.74, 6) is 1.10. The van der Waals surface area contributed by atoms with E-state index in [1.54, 1.807) is 30.6 Å². The molecule has 0 bridgehead atoms. The van der Waals surface area contributed by atoms with Gasteiger partial charge in [-0.25, -0.2) is 15.0 Å². The first-order chi connectivity index (χ1) is 13.1. The van der Waals surface area contributed by atoms with E-state index in [0.717, 1.165) is 34.5 Å². The van der Waals surface area contributed by atoms with Crippen molar-refractivity contribution in [1.29, 1.82) is 5.26 Å². The molecule has 0 radical (unpaired) electrons. The largest absolute Gasteiger partial charge is 0.508 e. The molecule has 3 heterocycles. The molecule has 0 saturated carbocycles. The topological polar surface area (TPSA) is 112 Å². The Balaban J connectivity index is 1.89. The standard InChI is InChI=1S/C20H18N6O/c1-12-9-13(3-4-17(12)27)18-14(10-21)19(22)25-16-5-8-26(11-15(16)18)20-23-6-2-7-24-20/h2-4,6-7,9,27H,5,8,11H2,1H3,(H2,22,25). The molecule has 3 N–H and O–H groups in total. The minimum absolute atomic E-state index is 0.215. The first-order valence-electron chi connectivity index (χ1n) is 8.61. The van der Waals surface area contributed by atoms with E-state index >= 15 is 0 Å². The van der Waals surface area contributed by atoms with Gasteiger partial charge in [0, 0.05) is 43.0 Å². The van der Waals surface area contributed by atoms with Crippen LogP contribution in [0.3, 0.4) is 0 Å². The number of fused-ring (bicyclic) bond motifs is 1.